The molecule has 0 aliphatic heterocycles. The lowest BCUT2D eigenvalue weighted by Gasteiger charge is -2.21. The molecule has 0 aliphatic carbocycles. The second-order valence-corrected chi connectivity index (χ2v) is 3.92. The molecule has 0 radical (unpaired) electrons. The van der Waals surface area contributed by atoms with Crippen LogP contribution in [-0.4, -0.2) is 40.5 Å². The molecule has 0 aliphatic rings. The molecular weight excluding hydrogens is 216 g/mol. The van der Waals surface area contributed by atoms with Crippen molar-refractivity contribution in [3.8, 4) is 0 Å². The smallest absolute Gasteiger partial charge is 0.142 e. The Labute approximate surface area is 102 Å². The molecule has 0 fully saturated rings. The minimum absolute atomic E-state index is 0.0129. The zero-order valence-corrected chi connectivity index (χ0v) is 10.2. The number of amidine groups is 1. The van der Waals surface area contributed by atoms with Gasteiger partial charge in [0.2, 0.25) is 0 Å². The zero-order valence-electron chi connectivity index (χ0n) is 10.2. The van der Waals surface area contributed by atoms with E-state index in [2.05, 4.69) is 16.8 Å². The van der Waals surface area contributed by atoms with Gasteiger partial charge in [-0.25, -0.2) is 0 Å². The number of pyridine rings is 1. The topological polar surface area (TPSA) is 86.2 Å². The number of nitrogens with two attached hydrogens (primary N) is 1. The molecule has 5 nitrogen and oxygen atoms in total. The summed E-state index contributed by atoms with van der Waals surface area (Å²) >= 11 is 0. The molecule has 4 N–H and O–H groups in total. The average Bonchev–Trinajstić information content (AvgIpc) is 2.30. The highest BCUT2D eigenvalue weighted by atomic mass is 16.3. The molecule has 1 rings (SSSR count). The molecule has 5 heteroatoms. The van der Waals surface area contributed by atoms with Gasteiger partial charge in [0, 0.05) is 19.3 Å². The Bertz CT molecular complexity index is 361. The first-order chi connectivity index (χ1) is 8.19. The summed E-state index contributed by atoms with van der Waals surface area (Å²) in [4.78, 5) is 6.24. The van der Waals surface area contributed by atoms with Crippen molar-refractivity contribution < 1.29 is 5.11 Å². The van der Waals surface area contributed by atoms with Gasteiger partial charge in [0.25, 0.3) is 0 Å². The van der Waals surface area contributed by atoms with Gasteiger partial charge in [-0.2, -0.15) is 0 Å². The molecule has 1 aromatic rings. The van der Waals surface area contributed by atoms with E-state index < -0.39 is 0 Å². The van der Waals surface area contributed by atoms with Crippen molar-refractivity contribution >= 4 is 5.84 Å². The van der Waals surface area contributed by atoms with Gasteiger partial charge in [0.15, 0.2) is 0 Å². The van der Waals surface area contributed by atoms with Crippen LogP contribution in [0.15, 0.2) is 18.3 Å². The van der Waals surface area contributed by atoms with Crippen LogP contribution in [0.2, 0.25) is 0 Å². The molecular formula is C12H20N4O. The van der Waals surface area contributed by atoms with Crippen molar-refractivity contribution in [3.63, 3.8) is 0 Å². The fourth-order valence-electron chi connectivity index (χ4n) is 1.78. The molecule has 0 spiro atoms. The van der Waals surface area contributed by atoms with Crippen LogP contribution in [0.4, 0.5) is 0 Å². The van der Waals surface area contributed by atoms with E-state index in [9.17, 15) is 0 Å². The second kappa shape index (κ2) is 6.98. The van der Waals surface area contributed by atoms with Crippen molar-refractivity contribution in [2.75, 3.05) is 19.7 Å². The minimum atomic E-state index is -0.0129. The number of nitrogen functional groups attached to an aromatic ring is 1. The van der Waals surface area contributed by atoms with E-state index in [1.54, 1.807) is 6.20 Å². The maximum atomic E-state index is 9.00. The summed E-state index contributed by atoms with van der Waals surface area (Å²) in [5, 5.41) is 16.5. The van der Waals surface area contributed by atoms with Crippen LogP contribution in [0.3, 0.4) is 0 Å². The predicted molar refractivity (Wildman–Crippen MR) is 67.9 cm³/mol. The van der Waals surface area contributed by atoms with Gasteiger partial charge in [-0.05, 0) is 24.6 Å². The molecule has 1 heterocycles. The summed E-state index contributed by atoms with van der Waals surface area (Å²) in [5.41, 5.74) is 6.96. The lowest BCUT2D eigenvalue weighted by Crippen LogP contribution is -2.29. The summed E-state index contributed by atoms with van der Waals surface area (Å²) < 4.78 is 0. The van der Waals surface area contributed by atoms with Gasteiger partial charge >= 0.3 is 0 Å². The van der Waals surface area contributed by atoms with E-state index in [1.807, 2.05) is 12.1 Å². The third-order valence-electron chi connectivity index (χ3n) is 2.50. The Morgan fingerprint density at radius 2 is 2.29 bits per heavy atom. The number of hydrogen-bond donors (Lipinski definition) is 3. The quantitative estimate of drug-likeness (QED) is 0.477. The first-order valence-electron chi connectivity index (χ1n) is 5.80. The first-order valence-corrected chi connectivity index (χ1v) is 5.80. The summed E-state index contributed by atoms with van der Waals surface area (Å²) in [7, 11) is 0. The van der Waals surface area contributed by atoms with Crippen LogP contribution in [0.1, 0.15) is 24.6 Å². The van der Waals surface area contributed by atoms with Gasteiger partial charge in [-0.15, -0.1) is 0 Å². The number of aliphatic hydroxyl groups is 1. The van der Waals surface area contributed by atoms with Crippen LogP contribution < -0.4 is 5.73 Å². The van der Waals surface area contributed by atoms with Crippen molar-refractivity contribution in [3.05, 3.63) is 29.6 Å². The Morgan fingerprint density at radius 3 is 2.88 bits per heavy atom. The lowest BCUT2D eigenvalue weighted by molar-refractivity contribution is 0.190. The monoisotopic (exact) mass is 236 g/mol. The van der Waals surface area contributed by atoms with E-state index in [-0.39, 0.29) is 12.4 Å². The third-order valence-corrected chi connectivity index (χ3v) is 2.50. The molecule has 1 aromatic heterocycles. The summed E-state index contributed by atoms with van der Waals surface area (Å²) in [6, 6.07) is 3.76. The van der Waals surface area contributed by atoms with E-state index in [0.29, 0.717) is 18.8 Å². The SMILES string of the molecule is CCCN(CCO)Cc1cccnc1C(=N)N. The fourth-order valence-corrected chi connectivity index (χ4v) is 1.78. The van der Waals surface area contributed by atoms with Crippen LogP contribution in [0.25, 0.3) is 0 Å². The van der Waals surface area contributed by atoms with E-state index in [4.69, 9.17) is 16.2 Å². The first kappa shape index (κ1) is 13.6. The Morgan fingerprint density at radius 1 is 1.53 bits per heavy atom. The number of aliphatic hydroxyl groups excluding tert-OH is 1. The second-order valence-electron chi connectivity index (χ2n) is 3.92. The largest absolute Gasteiger partial charge is 0.395 e. The van der Waals surface area contributed by atoms with E-state index in [0.717, 1.165) is 18.5 Å². The van der Waals surface area contributed by atoms with Crippen LogP contribution in [0, 0.1) is 5.41 Å². The maximum Gasteiger partial charge on any atom is 0.142 e. The highest BCUT2D eigenvalue weighted by Crippen LogP contribution is 2.09. The van der Waals surface area contributed by atoms with Gasteiger partial charge < -0.3 is 10.8 Å². The Hall–Kier alpha value is -1.46. The molecule has 94 valence electrons. The standard InChI is InChI=1S/C12H20N4O/c1-2-6-16(7-8-17)9-10-4-3-5-15-11(10)12(13)14/h3-5,17H,2,6-9H2,1H3,(H3,13,14). The minimum Gasteiger partial charge on any atom is -0.395 e. The lowest BCUT2D eigenvalue weighted by atomic mass is 10.1. The van der Waals surface area contributed by atoms with Crippen molar-refractivity contribution in [1.82, 2.24) is 9.88 Å². The fraction of sp³-hybridized carbons (Fsp3) is 0.500. The third kappa shape index (κ3) is 4.13. The normalized spacial score (nSPS) is 10.8. The number of nitrogens with one attached hydrogen (secondary N) is 1. The average molecular weight is 236 g/mol. The molecule has 0 bridgehead atoms. The molecule has 0 saturated heterocycles. The number of rotatable bonds is 7. The van der Waals surface area contributed by atoms with Crippen LogP contribution >= 0.6 is 0 Å². The Kier molecular flexibility index (Phi) is 5.59. The molecule has 0 atom stereocenters. The van der Waals surface area contributed by atoms with Crippen LogP contribution in [0.5, 0.6) is 0 Å². The van der Waals surface area contributed by atoms with Gasteiger partial charge in [0.05, 0.1) is 6.61 Å². The highest BCUT2D eigenvalue weighted by molar-refractivity contribution is 5.94. The van der Waals surface area contributed by atoms with Crippen molar-refractivity contribution in [2.24, 2.45) is 5.73 Å². The van der Waals surface area contributed by atoms with Crippen molar-refractivity contribution in [1.29, 1.82) is 5.41 Å². The molecule has 17 heavy (non-hydrogen) atoms. The summed E-state index contributed by atoms with van der Waals surface area (Å²) in [6.45, 7) is 4.43. The van der Waals surface area contributed by atoms with Crippen molar-refractivity contribution in [2.45, 2.75) is 19.9 Å². The van der Waals surface area contributed by atoms with Crippen LogP contribution in [-0.2, 0) is 6.54 Å². The highest BCUT2D eigenvalue weighted by Gasteiger charge is 2.10. The predicted octanol–water partition coefficient (Wildman–Crippen LogP) is 0.570. The van der Waals surface area contributed by atoms with E-state index in [1.165, 1.54) is 0 Å². The number of aromatic nitrogens is 1. The van der Waals surface area contributed by atoms with Gasteiger partial charge in [-0.1, -0.05) is 13.0 Å². The van der Waals surface area contributed by atoms with Gasteiger partial charge in [0.1, 0.15) is 11.5 Å². The zero-order chi connectivity index (χ0) is 12.7. The maximum absolute atomic E-state index is 9.00. The Balaban J connectivity index is 2.80. The summed E-state index contributed by atoms with van der Waals surface area (Å²) in [6.07, 6.45) is 2.66. The molecule has 0 amide bonds. The number of hydrogen-bond acceptors (Lipinski definition) is 4. The molecule has 0 saturated carbocycles. The number of nitrogens with zero attached hydrogens (tertiary/aromatic N) is 2. The van der Waals surface area contributed by atoms with E-state index >= 15 is 0 Å². The molecule has 0 unspecified atom stereocenters. The molecule has 0 aromatic carbocycles. The summed E-state index contributed by atoms with van der Waals surface area (Å²) in [5.74, 6) is -0.0129. The van der Waals surface area contributed by atoms with Gasteiger partial charge in [-0.3, -0.25) is 15.3 Å².